The number of hydrogen-bond donors (Lipinski definition) is 2. The number of amides is 2. The number of rotatable bonds is 9. The Bertz CT molecular complexity index is 1170. The Kier molecular flexibility index (Phi) is 7.57. The number of fused-ring (bicyclic) bond motifs is 1. The first kappa shape index (κ1) is 24.3. The van der Waals surface area contributed by atoms with E-state index in [9.17, 15) is 9.59 Å². The van der Waals surface area contributed by atoms with Gasteiger partial charge in [-0.15, -0.1) is 21.5 Å². The molecule has 2 heterocycles. The van der Waals surface area contributed by atoms with Crippen LogP contribution in [0.5, 0.6) is 5.75 Å². The van der Waals surface area contributed by atoms with Crippen molar-refractivity contribution < 1.29 is 14.3 Å². The number of hydrogen-bond acceptors (Lipinski definition) is 7. The monoisotopic (exact) mass is 499 g/mol. The Morgan fingerprint density at radius 2 is 2.09 bits per heavy atom. The molecule has 0 fully saturated rings. The lowest BCUT2D eigenvalue weighted by atomic mass is 9.88. The molecule has 180 valence electrons. The molecule has 2 aromatic heterocycles. The summed E-state index contributed by atoms with van der Waals surface area (Å²) in [6.45, 7) is 6.78. The summed E-state index contributed by atoms with van der Waals surface area (Å²) in [6, 6.07) is 9.56. The van der Waals surface area contributed by atoms with Gasteiger partial charge in [-0.3, -0.25) is 9.59 Å². The highest BCUT2D eigenvalue weighted by Crippen LogP contribution is 2.39. The Balaban J connectivity index is 1.42. The standard InChI is InChI=1S/C24H29N5O3S2/c1-4-29-22(15(3)32-16-8-6-5-7-9-16)27-28-24(29)33-13-19(30)26-23-20(21(25)31)17-11-10-14(2)12-18(17)34-23/h5-9,14-15H,4,10-13H2,1-3H3,(H2,25,31)(H,26,30). The molecule has 0 saturated carbocycles. The van der Waals surface area contributed by atoms with Crippen LogP contribution in [0.3, 0.4) is 0 Å². The van der Waals surface area contributed by atoms with E-state index < -0.39 is 5.91 Å². The number of nitrogens with one attached hydrogen (secondary N) is 1. The molecule has 2 amide bonds. The van der Waals surface area contributed by atoms with Gasteiger partial charge in [0.15, 0.2) is 17.1 Å². The van der Waals surface area contributed by atoms with Crippen molar-refractivity contribution in [1.82, 2.24) is 14.8 Å². The first-order valence-electron chi connectivity index (χ1n) is 11.4. The number of nitrogens with zero attached hydrogens (tertiary/aromatic N) is 3. The number of primary amides is 1. The third kappa shape index (κ3) is 5.28. The molecule has 3 aromatic rings. The zero-order valence-corrected chi connectivity index (χ0v) is 21.2. The van der Waals surface area contributed by atoms with Gasteiger partial charge in [-0.05, 0) is 56.7 Å². The van der Waals surface area contributed by atoms with Crippen LogP contribution in [0.4, 0.5) is 5.00 Å². The summed E-state index contributed by atoms with van der Waals surface area (Å²) in [5.74, 6) is 1.47. The number of thiophene rings is 1. The van der Waals surface area contributed by atoms with Gasteiger partial charge in [-0.25, -0.2) is 0 Å². The molecule has 2 unspecified atom stereocenters. The third-order valence-electron chi connectivity index (χ3n) is 5.82. The van der Waals surface area contributed by atoms with E-state index in [0.717, 1.165) is 35.5 Å². The summed E-state index contributed by atoms with van der Waals surface area (Å²) in [7, 11) is 0. The molecular formula is C24H29N5O3S2. The Labute approximate surface area is 207 Å². The second-order valence-electron chi connectivity index (χ2n) is 8.42. The molecule has 4 rings (SSSR count). The van der Waals surface area contributed by atoms with E-state index in [-0.39, 0.29) is 17.8 Å². The summed E-state index contributed by atoms with van der Waals surface area (Å²) >= 11 is 2.77. The van der Waals surface area contributed by atoms with Gasteiger partial charge >= 0.3 is 0 Å². The summed E-state index contributed by atoms with van der Waals surface area (Å²) in [5, 5.41) is 12.7. The molecule has 1 aromatic carbocycles. The van der Waals surface area contributed by atoms with E-state index in [1.165, 1.54) is 23.1 Å². The van der Waals surface area contributed by atoms with Crippen LogP contribution in [0.15, 0.2) is 35.5 Å². The number of para-hydroxylation sites is 1. The minimum Gasteiger partial charge on any atom is -0.483 e. The Morgan fingerprint density at radius 3 is 2.79 bits per heavy atom. The number of thioether (sulfide) groups is 1. The lowest BCUT2D eigenvalue weighted by Crippen LogP contribution is -2.20. The summed E-state index contributed by atoms with van der Waals surface area (Å²) in [6.07, 6.45) is 2.46. The van der Waals surface area contributed by atoms with Crippen molar-refractivity contribution in [1.29, 1.82) is 0 Å². The van der Waals surface area contributed by atoms with Crippen molar-refractivity contribution >= 4 is 39.9 Å². The quantitative estimate of drug-likeness (QED) is 0.421. The molecule has 34 heavy (non-hydrogen) atoms. The Morgan fingerprint density at radius 1 is 1.32 bits per heavy atom. The molecule has 0 bridgehead atoms. The SMILES string of the molecule is CCn1c(SCC(=O)Nc2sc3c(c2C(N)=O)CCC(C)C3)nnc1C(C)Oc1ccccc1. The van der Waals surface area contributed by atoms with E-state index in [4.69, 9.17) is 10.5 Å². The number of benzene rings is 1. The maximum Gasteiger partial charge on any atom is 0.251 e. The highest BCUT2D eigenvalue weighted by atomic mass is 32.2. The van der Waals surface area contributed by atoms with Crippen molar-refractivity contribution in [2.45, 2.75) is 57.8 Å². The van der Waals surface area contributed by atoms with Crippen molar-refractivity contribution in [3.8, 4) is 5.75 Å². The van der Waals surface area contributed by atoms with Crippen LogP contribution in [-0.2, 0) is 24.2 Å². The molecule has 1 aliphatic rings. The van der Waals surface area contributed by atoms with Gasteiger partial charge in [0.2, 0.25) is 5.91 Å². The maximum atomic E-state index is 12.8. The molecule has 0 radical (unpaired) electrons. The van der Waals surface area contributed by atoms with Crippen molar-refractivity contribution in [3.63, 3.8) is 0 Å². The topological polar surface area (TPSA) is 112 Å². The zero-order chi connectivity index (χ0) is 24.2. The van der Waals surface area contributed by atoms with E-state index in [2.05, 4.69) is 22.4 Å². The molecular weight excluding hydrogens is 470 g/mol. The maximum absolute atomic E-state index is 12.8. The van der Waals surface area contributed by atoms with Crippen LogP contribution in [-0.4, -0.2) is 32.3 Å². The van der Waals surface area contributed by atoms with Crippen molar-refractivity contribution in [3.05, 3.63) is 52.2 Å². The predicted octanol–water partition coefficient (Wildman–Crippen LogP) is 4.45. The summed E-state index contributed by atoms with van der Waals surface area (Å²) in [4.78, 5) is 26.0. The number of carbonyl (C=O) groups excluding carboxylic acids is 2. The minimum absolute atomic E-state index is 0.142. The number of anilines is 1. The molecule has 2 atom stereocenters. The van der Waals surface area contributed by atoms with Crippen molar-refractivity contribution in [2.75, 3.05) is 11.1 Å². The smallest absolute Gasteiger partial charge is 0.251 e. The molecule has 3 N–H and O–H groups in total. The molecule has 1 aliphatic carbocycles. The Hall–Kier alpha value is -2.85. The van der Waals surface area contributed by atoms with Crippen LogP contribution in [0.2, 0.25) is 0 Å². The third-order valence-corrected chi connectivity index (χ3v) is 7.96. The fraction of sp³-hybridized carbons (Fsp3) is 0.417. The second-order valence-corrected chi connectivity index (χ2v) is 10.5. The van der Waals surface area contributed by atoms with Crippen LogP contribution in [0.25, 0.3) is 0 Å². The number of nitrogens with two attached hydrogens (primary N) is 1. The van der Waals surface area contributed by atoms with Gasteiger partial charge in [0, 0.05) is 11.4 Å². The first-order valence-corrected chi connectivity index (χ1v) is 13.2. The van der Waals surface area contributed by atoms with Gasteiger partial charge in [-0.1, -0.05) is 36.9 Å². The zero-order valence-electron chi connectivity index (χ0n) is 19.5. The largest absolute Gasteiger partial charge is 0.483 e. The lowest BCUT2D eigenvalue weighted by molar-refractivity contribution is -0.113. The summed E-state index contributed by atoms with van der Waals surface area (Å²) < 4.78 is 7.94. The molecule has 0 saturated heterocycles. The minimum atomic E-state index is -0.488. The van der Waals surface area contributed by atoms with Crippen LogP contribution < -0.4 is 15.8 Å². The predicted molar refractivity (Wildman–Crippen MR) is 135 cm³/mol. The van der Waals surface area contributed by atoms with E-state index >= 15 is 0 Å². The van der Waals surface area contributed by atoms with Gasteiger partial charge in [0.25, 0.3) is 5.91 Å². The van der Waals surface area contributed by atoms with Gasteiger partial charge in [0.1, 0.15) is 10.8 Å². The number of carbonyl (C=O) groups is 2. The lowest BCUT2D eigenvalue weighted by Gasteiger charge is -2.18. The van der Waals surface area contributed by atoms with Crippen LogP contribution in [0.1, 0.15) is 59.9 Å². The number of aromatic nitrogens is 3. The highest BCUT2D eigenvalue weighted by molar-refractivity contribution is 7.99. The highest BCUT2D eigenvalue weighted by Gasteiger charge is 2.27. The number of ether oxygens (including phenoxy) is 1. The van der Waals surface area contributed by atoms with Gasteiger partial charge in [-0.2, -0.15) is 0 Å². The summed E-state index contributed by atoms with van der Waals surface area (Å²) in [5.41, 5.74) is 7.13. The molecule has 10 heteroatoms. The van der Waals surface area contributed by atoms with E-state index in [1.54, 1.807) is 0 Å². The van der Waals surface area contributed by atoms with Crippen molar-refractivity contribution in [2.24, 2.45) is 11.7 Å². The molecule has 0 aliphatic heterocycles. The fourth-order valence-corrected chi connectivity index (χ4v) is 6.39. The average Bonchev–Trinajstić information content (AvgIpc) is 3.38. The molecule has 8 nitrogen and oxygen atoms in total. The van der Waals surface area contributed by atoms with Crippen LogP contribution in [0, 0.1) is 5.92 Å². The molecule has 0 spiro atoms. The normalized spacial score (nSPS) is 16.0. The fourth-order valence-electron chi connectivity index (χ4n) is 4.15. The van der Waals surface area contributed by atoms with E-state index in [0.29, 0.717) is 34.0 Å². The van der Waals surface area contributed by atoms with Crippen LogP contribution >= 0.6 is 23.1 Å². The van der Waals surface area contributed by atoms with Gasteiger partial charge in [0.05, 0.1) is 11.3 Å². The van der Waals surface area contributed by atoms with E-state index in [1.807, 2.05) is 48.7 Å². The average molecular weight is 500 g/mol. The second kappa shape index (κ2) is 10.6. The first-order chi connectivity index (χ1) is 16.4. The van der Waals surface area contributed by atoms with Gasteiger partial charge < -0.3 is 20.4 Å².